The van der Waals surface area contributed by atoms with Crippen molar-refractivity contribution in [2.24, 2.45) is 11.8 Å². The third kappa shape index (κ3) is 2.87. The first-order valence-corrected chi connectivity index (χ1v) is 6.60. The van der Waals surface area contributed by atoms with Gasteiger partial charge in [-0.1, -0.05) is 37.3 Å². The minimum absolute atomic E-state index is 0.300. The van der Waals surface area contributed by atoms with Gasteiger partial charge in [0.2, 0.25) is 5.91 Å². The van der Waals surface area contributed by atoms with Crippen molar-refractivity contribution < 1.29 is 19.5 Å². The van der Waals surface area contributed by atoms with E-state index in [1.54, 1.807) is 6.92 Å². The van der Waals surface area contributed by atoms with E-state index in [0.29, 0.717) is 19.5 Å². The van der Waals surface area contributed by atoms with Crippen LogP contribution in [-0.4, -0.2) is 40.8 Å². The van der Waals surface area contributed by atoms with Gasteiger partial charge in [-0.25, -0.2) is 0 Å². The van der Waals surface area contributed by atoms with Crippen LogP contribution in [0.15, 0.2) is 30.3 Å². The van der Waals surface area contributed by atoms with E-state index >= 15 is 0 Å². The number of likely N-dealkylation sites (tertiary alicyclic amines) is 1. The second-order valence-electron chi connectivity index (χ2n) is 5.09. The van der Waals surface area contributed by atoms with Crippen molar-refractivity contribution in [3.8, 4) is 0 Å². The van der Waals surface area contributed by atoms with Gasteiger partial charge in [0, 0.05) is 19.0 Å². The zero-order chi connectivity index (χ0) is 14.7. The number of nitrogens with zero attached hydrogens (tertiary/aromatic N) is 1. The number of piperidine rings is 1. The van der Waals surface area contributed by atoms with Gasteiger partial charge in [0.25, 0.3) is 0 Å². The summed E-state index contributed by atoms with van der Waals surface area (Å²) in [5.41, 5.74) is 1.08. The summed E-state index contributed by atoms with van der Waals surface area (Å²) in [6.45, 7) is 2.40. The molecule has 1 N–H and O–H groups in total. The molecule has 1 fully saturated rings. The lowest BCUT2D eigenvalue weighted by Crippen LogP contribution is -2.53. The molecule has 2 unspecified atom stereocenters. The number of hydrogen-bond donors (Lipinski definition) is 1. The molecule has 1 aliphatic heterocycles. The number of carbonyl (C=O) groups is 3. The molecule has 2 atom stereocenters. The fourth-order valence-electron chi connectivity index (χ4n) is 2.44. The molecule has 0 bridgehead atoms. The summed E-state index contributed by atoms with van der Waals surface area (Å²) in [5, 5.41) is 9.03. The molecule has 2 rings (SSSR count). The molecule has 1 heterocycles. The SMILES string of the molecule is CC1CN(CCc2ccccc2)C(=O)C(C(=O)O)C1=O. The molecule has 5 heteroatoms. The number of benzene rings is 1. The summed E-state index contributed by atoms with van der Waals surface area (Å²) in [6, 6.07) is 9.66. The summed E-state index contributed by atoms with van der Waals surface area (Å²) in [5.74, 6) is -4.38. The maximum Gasteiger partial charge on any atom is 0.323 e. The smallest absolute Gasteiger partial charge is 0.323 e. The van der Waals surface area contributed by atoms with E-state index in [2.05, 4.69) is 0 Å². The van der Waals surface area contributed by atoms with Crippen molar-refractivity contribution in [1.82, 2.24) is 4.90 Å². The van der Waals surface area contributed by atoms with E-state index in [-0.39, 0.29) is 0 Å². The molecule has 1 aromatic carbocycles. The van der Waals surface area contributed by atoms with E-state index < -0.39 is 29.5 Å². The number of rotatable bonds is 4. The number of carbonyl (C=O) groups excluding carboxylic acids is 2. The molecule has 1 aromatic rings. The van der Waals surface area contributed by atoms with Gasteiger partial charge in [-0.05, 0) is 12.0 Å². The summed E-state index contributed by atoms with van der Waals surface area (Å²) >= 11 is 0. The average Bonchev–Trinajstić information content (AvgIpc) is 2.42. The Labute approximate surface area is 117 Å². The number of hydrogen-bond acceptors (Lipinski definition) is 3. The molecule has 1 saturated heterocycles. The van der Waals surface area contributed by atoms with Gasteiger partial charge in [-0.2, -0.15) is 0 Å². The summed E-state index contributed by atoms with van der Waals surface area (Å²) in [7, 11) is 0. The van der Waals surface area contributed by atoms with Crippen LogP contribution in [0.4, 0.5) is 0 Å². The average molecular weight is 275 g/mol. The van der Waals surface area contributed by atoms with Crippen molar-refractivity contribution in [3.05, 3.63) is 35.9 Å². The number of aliphatic carboxylic acids is 1. The molecular formula is C15H17NO4. The van der Waals surface area contributed by atoms with Crippen LogP contribution < -0.4 is 0 Å². The Morgan fingerprint density at radius 2 is 1.95 bits per heavy atom. The minimum atomic E-state index is -1.53. The molecule has 0 radical (unpaired) electrons. The van der Waals surface area contributed by atoms with E-state index in [1.165, 1.54) is 4.90 Å². The maximum atomic E-state index is 12.1. The number of carboxylic acid groups (broad SMARTS) is 1. The van der Waals surface area contributed by atoms with Gasteiger partial charge in [-0.3, -0.25) is 14.4 Å². The standard InChI is InChI=1S/C15H17NO4/c1-10-9-16(8-7-11-5-3-2-4-6-11)14(18)12(13(10)17)15(19)20/h2-6,10,12H,7-9H2,1H3,(H,19,20). The van der Waals surface area contributed by atoms with Crippen molar-refractivity contribution in [2.75, 3.05) is 13.1 Å². The highest BCUT2D eigenvalue weighted by molar-refractivity contribution is 6.18. The van der Waals surface area contributed by atoms with E-state index in [9.17, 15) is 14.4 Å². The lowest BCUT2D eigenvalue weighted by molar-refractivity contribution is -0.159. The van der Waals surface area contributed by atoms with Gasteiger partial charge in [0.1, 0.15) is 0 Å². The third-order valence-corrected chi connectivity index (χ3v) is 3.58. The highest BCUT2D eigenvalue weighted by atomic mass is 16.4. The van der Waals surface area contributed by atoms with Gasteiger partial charge in [-0.15, -0.1) is 0 Å². The Kier molecular flexibility index (Phi) is 4.17. The number of ketones is 1. The zero-order valence-electron chi connectivity index (χ0n) is 11.3. The van der Waals surface area contributed by atoms with E-state index in [1.807, 2.05) is 30.3 Å². The van der Waals surface area contributed by atoms with Gasteiger partial charge in [0.05, 0.1) is 0 Å². The lowest BCUT2D eigenvalue weighted by atomic mass is 9.88. The van der Waals surface area contributed by atoms with Gasteiger partial charge in [0.15, 0.2) is 11.7 Å². The highest BCUT2D eigenvalue weighted by Gasteiger charge is 2.43. The summed E-state index contributed by atoms with van der Waals surface area (Å²) in [6.07, 6.45) is 0.653. The Hall–Kier alpha value is -2.17. The molecule has 1 amide bonds. The fraction of sp³-hybridized carbons (Fsp3) is 0.400. The van der Waals surface area contributed by atoms with Gasteiger partial charge < -0.3 is 10.0 Å². The molecule has 0 aromatic heterocycles. The number of Topliss-reactive ketones (excluding diaryl/α,β-unsaturated/α-hetero) is 1. The predicted octanol–water partition coefficient (Wildman–Crippen LogP) is 0.977. The van der Waals surface area contributed by atoms with Crippen LogP contribution >= 0.6 is 0 Å². The normalized spacial score (nSPS) is 22.9. The van der Waals surface area contributed by atoms with Gasteiger partial charge >= 0.3 is 5.97 Å². The molecule has 0 saturated carbocycles. The second-order valence-corrected chi connectivity index (χ2v) is 5.09. The van der Waals surface area contributed by atoms with Crippen molar-refractivity contribution in [2.45, 2.75) is 13.3 Å². The molecule has 5 nitrogen and oxygen atoms in total. The number of amides is 1. The van der Waals surface area contributed by atoms with Crippen molar-refractivity contribution >= 4 is 17.7 Å². The molecule has 1 aliphatic rings. The van der Waals surface area contributed by atoms with Crippen LogP contribution in [0.5, 0.6) is 0 Å². The molecular weight excluding hydrogens is 258 g/mol. The second kappa shape index (κ2) is 5.86. The number of carboxylic acids is 1. The fourth-order valence-corrected chi connectivity index (χ4v) is 2.44. The van der Waals surface area contributed by atoms with Crippen LogP contribution in [0.25, 0.3) is 0 Å². The summed E-state index contributed by atoms with van der Waals surface area (Å²) < 4.78 is 0. The molecule has 106 valence electrons. The van der Waals surface area contributed by atoms with Crippen LogP contribution in [0.2, 0.25) is 0 Å². The molecule has 20 heavy (non-hydrogen) atoms. The van der Waals surface area contributed by atoms with E-state index in [4.69, 9.17) is 5.11 Å². The highest BCUT2D eigenvalue weighted by Crippen LogP contribution is 2.20. The Balaban J connectivity index is 2.06. The van der Waals surface area contributed by atoms with Crippen LogP contribution in [-0.2, 0) is 20.8 Å². The lowest BCUT2D eigenvalue weighted by Gasteiger charge is -2.33. The zero-order valence-corrected chi connectivity index (χ0v) is 11.3. The first-order chi connectivity index (χ1) is 9.50. The Morgan fingerprint density at radius 1 is 1.30 bits per heavy atom. The Morgan fingerprint density at radius 3 is 2.55 bits per heavy atom. The monoisotopic (exact) mass is 275 g/mol. The first kappa shape index (κ1) is 14.2. The summed E-state index contributed by atoms with van der Waals surface area (Å²) in [4.78, 5) is 36.4. The molecule has 0 spiro atoms. The Bertz CT molecular complexity index is 526. The molecule has 0 aliphatic carbocycles. The largest absolute Gasteiger partial charge is 0.480 e. The van der Waals surface area contributed by atoms with Crippen LogP contribution in [0, 0.1) is 11.8 Å². The first-order valence-electron chi connectivity index (χ1n) is 6.60. The van der Waals surface area contributed by atoms with Crippen LogP contribution in [0.3, 0.4) is 0 Å². The minimum Gasteiger partial charge on any atom is -0.480 e. The maximum absolute atomic E-state index is 12.1. The third-order valence-electron chi connectivity index (χ3n) is 3.58. The van der Waals surface area contributed by atoms with Crippen molar-refractivity contribution in [3.63, 3.8) is 0 Å². The van der Waals surface area contributed by atoms with Crippen molar-refractivity contribution in [1.29, 1.82) is 0 Å². The quantitative estimate of drug-likeness (QED) is 0.831. The topological polar surface area (TPSA) is 74.7 Å². The van der Waals surface area contributed by atoms with Crippen LogP contribution in [0.1, 0.15) is 12.5 Å². The van der Waals surface area contributed by atoms with E-state index in [0.717, 1.165) is 5.56 Å². The predicted molar refractivity (Wildman–Crippen MR) is 72.0 cm³/mol.